The Kier molecular flexibility index (Phi) is 7.14. The van der Waals surface area contributed by atoms with Crippen LogP contribution in [-0.2, 0) is 19.1 Å². The molecule has 0 aliphatic carbocycles. The van der Waals surface area contributed by atoms with Gasteiger partial charge in [-0.25, -0.2) is 0 Å². The van der Waals surface area contributed by atoms with Crippen molar-refractivity contribution in [1.82, 2.24) is 4.90 Å². The normalized spacial score (nSPS) is 15.4. The molecule has 168 valence electrons. The molecule has 2 unspecified atom stereocenters. The lowest BCUT2D eigenvalue weighted by Gasteiger charge is -2.32. The van der Waals surface area contributed by atoms with Crippen molar-refractivity contribution in [1.29, 1.82) is 0 Å². The van der Waals surface area contributed by atoms with Gasteiger partial charge in [0.05, 0.1) is 32.4 Å². The van der Waals surface area contributed by atoms with E-state index in [9.17, 15) is 14.4 Å². The molecule has 0 saturated heterocycles. The Balaban J connectivity index is 1.68. The molecule has 0 aromatic heterocycles. The van der Waals surface area contributed by atoms with Gasteiger partial charge in [0.15, 0.2) is 6.10 Å². The summed E-state index contributed by atoms with van der Waals surface area (Å²) in [5.74, 6) is -0.312. The summed E-state index contributed by atoms with van der Waals surface area (Å²) in [6, 6.07) is 12.0. The highest BCUT2D eigenvalue weighted by Crippen LogP contribution is 2.33. The predicted molar refractivity (Wildman–Crippen MR) is 119 cm³/mol. The van der Waals surface area contributed by atoms with Crippen molar-refractivity contribution in [2.45, 2.75) is 32.4 Å². The first-order valence-corrected chi connectivity index (χ1v) is 10.1. The summed E-state index contributed by atoms with van der Waals surface area (Å²) in [6.07, 6.45) is 2.35. The average molecular weight is 438 g/mol. The minimum atomic E-state index is -1.06. The number of carbonyl (C=O) groups excluding carboxylic acids is 3. The molecule has 1 aliphatic heterocycles. The van der Waals surface area contributed by atoms with Crippen LogP contribution in [0.3, 0.4) is 0 Å². The van der Waals surface area contributed by atoms with Gasteiger partial charge in [-0.15, -0.1) is 0 Å². The average Bonchev–Trinajstić information content (AvgIpc) is 2.78. The number of amides is 2. The summed E-state index contributed by atoms with van der Waals surface area (Å²) < 4.78 is 15.8. The fourth-order valence-electron chi connectivity index (χ4n) is 3.52. The van der Waals surface area contributed by atoms with Crippen LogP contribution in [0.5, 0.6) is 11.5 Å². The minimum Gasteiger partial charge on any atom is -0.497 e. The Morgan fingerprint density at radius 2 is 1.84 bits per heavy atom. The number of fused-ring (bicyclic) bond motifs is 1. The molecular formula is C24H26N2O6. The third-order valence-corrected chi connectivity index (χ3v) is 5.17. The van der Waals surface area contributed by atoms with Crippen LogP contribution in [0.4, 0.5) is 5.69 Å². The number of anilines is 1. The fraction of sp³-hybridized carbons (Fsp3) is 0.292. The Bertz CT molecular complexity index is 1050. The van der Waals surface area contributed by atoms with E-state index in [1.807, 2.05) is 30.3 Å². The van der Waals surface area contributed by atoms with E-state index in [4.69, 9.17) is 14.2 Å². The van der Waals surface area contributed by atoms with E-state index in [0.29, 0.717) is 17.2 Å². The van der Waals surface area contributed by atoms with E-state index in [0.717, 1.165) is 11.1 Å². The quantitative estimate of drug-likeness (QED) is 0.665. The molecule has 8 nitrogen and oxygen atoms in total. The number of esters is 1. The van der Waals surface area contributed by atoms with Crippen LogP contribution >= 0.6 is 0 Å². The van der Waals surface area contributed by atoms with Crippen LogP contribution < -0.4 is 14.8 Å². The van der Waals surface area contributed by atoms with Crippen molar-refractivity contribution in [2.75, 3.05) is 19.5 Å². The molecule has 0 bridgehead atoms. The van der Waals surface area contributed by atoms with Crippen LogP contribution in [0, 0.1) is 0 Å². The summed E-state index contributed by atoms with van der Waals surface area (Å²) in [5, 5.41) is 2.69. The number of hydrogen-bond donors (Lipinski definition) is 1. The van der Waals surface area contributed by atoms with Gasteiger partial charge in [-0.05, 0) is 36.3 Å². The van der Waals surface area contributed by atoms with Crippen LogP contribution in [-0.4, -0.2) is 43.0 Å². The highest BCUT2D eigenvalue weighted by molar-refractivity contribution is 5.96. The smallest absolute Gasteiger partial charge is 0.309 e. The van der Waals surface area contributed by atoms with Gasteiger partial charge in [0.25, 0.3) is 5.91 Å². The summed E-state index contributed by atoms with van der Waals surface area (Å²) in [5.41, 5.74) is 2.17. The van der Waals surface area contributed by atoms with Crippen LogP contribution in [0.1, 0.15) is 37.4 Å². The maximum atomic E-state index is 12.7. The molecule has 8 heteroatoms. The monoisotopic (exact) mass is 438 g/mol. The van der Waals surface area contributed by atoms with Gasteiger partial charge in [0, 0.05) is 19.2 Å². The molecular weight excluding hydrogens is 412 g/mol. The van der Waals surface area contributed by atoms with Crippen LogP contribution in [0.15, 0.2) is 48.7 Å². The second-order valence-corrected chi connectivity index (χ2v) is 7.28. The molecule has 2 amide bonds. The van der Waals surface area contributed by atoms with E-state index in [1.54, 1.807) is 24.4 Å². The number of benzene rings is 2. The van der Waals surface area contributed by atoms with Gasteiger partial charge < -0.3 is 24.4 Å². The molecule has 0 radical (unpaired) electrons. The largest absolute Gasteiger partial charge is 0.497 e. The molecule has 1 aliphatic rings. The number of methoxy groups -OCH3 is 2. The van der Waals surface area contributed by atoms with Gasteiger partial charge in [-0.2, -0.15) is 0 Å². The summed E-state index contributed by atoms with van der Waals surface area (Å²) >= 11 is 0. The predicted octanol–water partition coefficient (Wildman–Crippen LogP) is 3.54. The van der Waals surface area contributed by atoms with Crippen molar-refractivity contribution in [2.24, 2.45) is 0 Å². The number of rotatable bonds is 7. The zero-order valence-corrected chi connectivity index (χ0v) is 18.5. The summed E-state index contributed by atoms with van der Waals surface area (Å²) in [7, 11) is 3.00. The number of ether oxygens (including phenoxy) is 3. The van der Waals surface area contributed by atoms with E-state index in [2.05, 4.69) is 5.32 Å². The lowest BCUT2D eigenvalue weighted by molar-refractivity contribution is -0.154. The molecule has 0 spiro atoms. The highest BCUT2D eigenvalue weighted by atomic mass is 16.5. The van der Waals surface area contributed by atoms with Crippen molar-refractivity contribution in [3.63, 3.8) is 0 Å². The van der Waals surface area contributed by atoms with Gasteiger partial charge >= 0.3 is 5.97 Å². The van der Waals surface area contributed by atoms with Crippen molar-refractivity contribution < 1.29 is 28.6 Å². The molecule has 2 atom stereocenters. The van der Waals surface area contributed by atoms with E-state index in [-0.39, 0.29) is 12.3 Å². The molecule has 32 heavy (non-hydrogen) atoms. The Morgan fingerprint density at radius 1 is 1.09 bits per heavy atom. The van der Waals surface area contributed by atoms with Gasteiger partial charge in [-0.1, -0.05) is 24.3 Å². The zero-order chi connectivity index (χ0) is 23.3. The first kappa shape index (κ1) is 22.9. The third kappa shape index (κ3) is 5.08. The maximum Gasteiger partial charge on any atom is 0.309 e. The van der Waals surface area contributed by atoms with Gasteiger partial charge in [0.1, 0.15) is 11.5 Å². The molecule has 2 aromatic rings. The molecule has 1 heterocycles. The SMILES string of the molecule is COc1ccc(OC)c(NC(=O)C(C)OC(=O)CC2c3ccccc3C=CN2C(C)=O)c1. The van der Waals surface area contributed by atoms with Crippen molar-refractivity contribution in [3.05, 3.63) is 59.8 Å². The van der Waals surface area contributed by atoms with Crippen molar-refractivity contribution >= 4 is 29.5 Å². The highest BCUT2D eigenvalue weighted by Gasteiger charge is 2.30. The number of nitrogens with one attached hydrogen (secondary N) is 1. The first-order valence-electron chi connectivity index (χ1n) is 10.1. The number of hydrogen-bond acceptors (Lipinski definition) is 6. The number of carbonyl (C=O) groups is 3. The topological polar surface area (TPSA) is 94.2 Å². The Labute approximate surface area is 186 Å². The molecule has 1 N–H and O–H groups in total. The van der Waals surface area contributed by atoms with E-state index in [1.165, 1.54) is 33.0 Å². The third-order valence-electron chi connectivity index (χ3n) is 5.17. The first-order chi connectivity index (χ1) is 15.3. The molecule has 2 aromatic carbocycles. The van der Waals surface area contributed by atoms with Crippen LogP contribution in [0.2, 0.25) is 0 Å². The van der Waals surface area contributed by atoms with E-state index >= 15 is 0 Å². The Morgan fingerprint density at radius 3 is 2.53 bits per heavy atom. The standard InChI is InChI=1S/C24H26N2O6/c1-15(24(29)25-20-13-18(30-3)9-10-22(20)31-4)32-23(28)14-21-19-8-6-5-7-17(19)11-12-26(21)16(2)27/h5-13,15,21H,14H2,1-4H3,(H,25,29). The van der Waals surface area contributed by atoms with Gasteiger partial charge in [0.2, 0.25) is 5.91 Å². The molecule has 0 fully saturated rings. The summed E-state index contributed by atoms with van der Waals surface area (Å²) in [4.78, 5) is 38.9. The molecule has 3 rings (SSSR count). The Hall–Kier alpha value is -3.81. The minimum absolute atomic E-state index is 0.0823. The fourth-order valence-corrected chi connectivity index (χ4v) is 3.52. The van der Waals surface area contributed by atoms with Gasteiger partial charge in [-0.3, -0.25) is 14.4 Å². The maximum absolute atomic E-state index is 12.7. The van der Waals surface area contributed by atoms with Crippen LogP contribution in [0.25, 0.3) is 6.08 Å². The summed E-state index contributed by atoms with van der Waals surface area (Å²) in [6.45, 7) is 2.92. The zero-order valence-electron chi connectivity index (χ0n) is 18.5. The van der Waals surface area contributed by atoms with E-state index < -0.39 is 24.0 Å². The molecule has 0 saturated carbocycles. The second kappa shape index (κ2) is 10.00. The number of nitrogens with zero attached hydrogens (tertiary/aromatic N) is 1. The lowest BCUT2D eigenvalue weighted by Crippen LogP contribution is -2.35. The second-order valence-electron chi connectivity index (χ2n) is 7.28. The van der Waals surface area contributed by atoms with Crippen molar-refractivity contribution in [3.8, 4) is 11.5 Å². The lowest BCUT2D eigenvalue weighted by atomic mass is 9.94.